The van der Waals surface area contributed by atoms with Crippen molar-refractivity contribution in [3.63, 3.8) is 0 Å². The Labute approximate surface area is 103 Å². The van der Waals surface area contributed by atoms with Gasteiger partial charge in [-0.05, 0) is 19.1 Å². The highest BCUT2D eigenvalue weighted by molar-refractivity contribution is 5.45. The topological polar surface area (TPSA) is 17.0 Å². The highest BCUT2D eigenvalue weighted by atomic mass is 19.2. The van der Waals surface area contributed by atoms with Crippen molar-refractivity contribution in [3.8, 4) is 0 Å². The van der Waals surface area contributed by atoms with E-state index in [4.69, 9.17) is 0 Å². The van der Waals surface area contributed by atoms with Crippen molar-refractivity contribution >= 4 is 5.69 Å². The zero-order valence-electron chi connectivity index (χ0n) is 9.88. The lowest BCUT2D eigenvalue weighted by molar-refractivity contribution is 0.497. The van der Waals surface area contributed by atoms with E-state index < -0.39 is 17.5 Å². The number of aryl methyl sites for hydroxylation is 1. The first-order chi connectivity index (χ1) is 8.61. The third-order valence-electron chi connectivity index (χ3n) is 2.72. The summed E-state index contributed by atoms with van der Waals surface area (Å²) in [6.07, 6.45) is 1.89. The van der Waals surface area contributed by atoms with Gasteiger partial charge in [0.1, 0.15) is 5.82 Å². The Hall–Kier alpha value is -1.91. The van der Waals surface area contributed by atoms with Crippen LogP contribution in [-0.2, 0) is 13.1 Å². The van der Waals surface area contributed by atoms with E-state index in [9.17, 15) is 13.2 Å². The van der Waals surface area contributed by atoms with Gasteiger partial charge in [-0.3, -0.25) is 0 Å². The van der Waals surface area contributed by atoms with Gasteiger partial charge in [0.05, 0.1) is 12.2 Å². The molecule has 0 spiro atoms. The number of nitrogens with one attached hydrogen (secondary N) is 1. The molecule has 1 aromatic heterocycles. The van der Waals surface area contributed by atoms with E-state index in [2.05, 4.69) is 5.32 Å². The summed E-state index contributed by atoms with van der Waals surface area (Å²) in [5.74, 6) is -3.06. The summed E-state index contributed by atoms with van der Waals surface area (Å²) in [5.41, 5.74) is 0.748. The number of anilines is 1. The summed E-state index contributed by atoms with van der Waals surface area (Å²) in [4.78, 5) is 0. The van der Waals surface area contributed by atoms with Crippen LogP contribution in [0.2, 0.25) is 0 Å². The van der Waals surface area contributed by atoms with Crippen molar-refractivity contribution < 1.29 is 13.2 Å². The van der Waals surface area contributed by atoms with Gasteiger partial charge in [0.25, 0.3) is 0 Å². The molecule has 2 rings (SSSR count). The molecular formula is C13H13F3N2. The molecule has 1 N–H and O–H groups in total. The van der Waals surface area contributed by atoms with Crippen LogP contribution in [0.25, 0.3) is 0 Å². The number of rotatable bonds is 4. The van der Waals surface area contributed by atoms with Gasteiger partial charge in [0, 0.05) is 30.6 Å². The third-order valence-corrected chi connectivity index (χ3v) is 2.72. The molecule has 1 heterocycles. The number of aromatic nitrogens is 1. The molecule has 0 unspecified atom stereocenters. The number of nitrogens with zero attached hydrogens (tertiary/aromatic N) is 1. The zero-order chi connectivity index (χ0) is 13.1. The predicted molar refractivity (Wildman–Crippen MR) is 63.7 cm³/mol. The van der Waals surface area contributed by atoms with Gasteiger partial charge in [0.15, 0.2) is 11.6 Å². The van der Waals surface area contributed by atoms with Crippen LogP contribution in [0.5, 0.6) is 0 Å². The molecule has 0 aliphatic rings. The van der Waals surface area contributed by atoms with Crippen LogP contribution < -0.4 is 5.32 Å². The molecule has 0 aliphatic carbocycles. The minimum absolute atomic E-state index is 0.170. The second-order valence-corrected chi connectivity index (χ2v) is 3.89. The van der Waals surface area contributed by atoms with E-state index in [-0.39, 0.29) is 5.69 Å². The molecule has 5 heteroatoms. The maximum atomic E-state index is 13.4. The van der Waals surface area contributed by atoms with Crippen LogP contribution in [0.15, 0.2) is 30.5 Å². The minimum Gasteiger partial charge on any atom is -0.377 e. The summed E-state index contributed by atoms with van der Waals surface area (Å²) in [7, 11) is 0. The van der Waals surface area contributed by atoms with Crippen molar-refractivity contribution in [1.29, 1.82) is 0 Å². The summed E-state index contributed by atoms with van der Waals surface area (Å²) >= 11 is 0. The van der Waals surface area contributed by atoms with E-state index in [1.54, 1.807) is 0 Å². The van der Waals surface area contributed by atoms with Crippen LogP contribution in [0.1, 0.15) is 12.6 Å². The molecule has 18 heavy (non-hydrogen) atoms. The lowest BCUT2D eigenvalue weighted by Gasteiger charge is -2.10. The first kappa shape index (κ1) is 12.5. The monoisotopic (exact) mass is 254 g/mol. The van der Waals surface area contributed by atoms with Crippen LogP contribution in [0.4, 0.5) is 18.9 Å². The maximum absolute atomic E-state index is 13.4. The predicted octanol–water partition coefficient (Wildman–Crippen LogP) is 3.54. The van der Waals surface area contributed by atoms with Crippen LogP contribution in [0.3, 0.4) is 0 Å². The molecule has 0 aliphatic heterocycles. The van der Waals surface area contributed by atoms with Crippen LogP contribution >= 0.6 is 0 Å². The van der Waals surface area contributed by atoms with E-state index in [1.165, 1.54) is 0 Å². The van der Waals surface area contributed by atoms with Gasteiger partial charge >= 0.3 is 0 Å². The molecule has 0 atom stereocenters. The Kier molecular flexibility index (Phi) is 3.60. The van der Waals surface area contributed by atoms with E-state index >= 15 is 0 Å². The van der Waals surface area contributed by atoms with Gasteiger partial charge in [-0.25, -0.2) is 13.2 Å². The smallest absolute Gasteiger partial charge is 0.182 e. The highest BCUT2D eigenvalue weighted by Crippen LogP contribution is 2.20. The number of halogens is 3. The summed E-state index contributed by atoms with van der Waals surface area (Å²) < 4.78 is 41.3. The van der Waals surface area contributed by atoms with Gasteiger partial charge < -0.3 is 9.88 Å². The quantitative estimate of drug-likeness (QED) is 0.826. The lowest BCUT2D eigenvalue weighted by atomic mass is 10.2. The Morgan fingerprint density at radius 3 is 2.72 bits per heavy atom. The Bertz CT molecular complexity index is 549. The van der Waals surface area contributed by atoms with E-state index in [0.29, 0.717) is 12.6 Å². The Balaban J connectivity index is 2.16. The van der Waals surface area contributed by atoms with Crippen molar-refractivity contribution in [2.45, 2.75) is 20.0 Å². The lowest BCUT2D eigenvalue weighted by Crippen LogP contribution is -2.08. The van der Waals surface area contributed by atoms with Crippen LogP contribution in [0, 0.1) is 17.5 Å². The summed E-state index contributed by atoms with van der Waals surface area (Å²) in [6.45, 7) is 3.07. The first-order valence-electron chi connectivity index (χ1n) is 5.64. The zero-order valence-corrected chi connectivity index (χ0v) is 9.88. The molecule has 0 fully saturated rings. The largest absolute Gasteiger partial charge is 0.377 e. The van der Waals surface area contributed by atoms with Gasteiger partial charge in [-0.15, -0.1) is 0 Å². The number of hydrogen-bond acceptors (Lipinski definition) is 1. The van der Waals surface area contributed by atoms with E-state index in [0.717, 1.165) is 18.3 Å². The average Bonchev–Trinajstić information content (AvgIpc) is 2.79. The molecule has 96 valence electrons. The van der Waals surface area contributed by atoms with Crippen molar-refractivity contribution in [2.24, 2.45) is 0 Å². The SMILES string of the molecule is CCn1cccc1CNc1cc(F)cc(F)c1F. The fourth-order valence-electron chi connectivity index (χ4n) is 1.79. The van der Waals surface area contributed by atoms with Gasteiger partial charge in [-0.1, -0.05) is 0 Å². The second kappa shape index (κ2) is 5.16. The van der Waals surface area contributed by atoms with Gasteiger partial charge in [0.2, 0.25) is 0 Å². The first-order valence-corrected chi connectivity index (χ1v) is 5.64. The molecule has 0 bridgehead atoms. The Morgan fingerprint density at radius 2 is 2.00 bits per heavy atom. The van der Waals surface area contributed by atoms with Crippen molar-refractivity contribution in [3.05, 3.63) is 53.6 Å². The fourth-order valence-corrected chi connectivity index (χ4v) is 1.79. The number of hydrogen-bond donors (Lipinski definition) is 1. The van der Waals surface area contributed by atoms with E-state index in [1.807, 2.05) is 29.8 Å². The third kappa shape index (κ3) is 2.50. The van der Waals surface area contributed by atoms with Crippen molar-refractivity contribution in [1.82, 2.24) is 4.57 Å². The maximum Gasteiger partial charge on any atom is 0.182 e. The molecule has 0 amide bonds. The summed E-state index contributed by atoms with van der Waals surface area (Å²) in [6, 6.07) is 5.19. The van der Waals surface area contributed by atoms with Crippen molar-refractivity contribution in [2.75, 3.05) is 5.32 Å². The highest BCUT2D eigenvalue weighted by Gasteiger charge is 2.11. The summed E-state index contributed by atoms with van der Waals surface area (Å²) in [5, 5.41) is 2.70. The second-order valence-electron chi connectivity index (χ2n) is 3.89. The standard InChI is InChI=1S/C13H13F3N2/c1-2-18-5-3-4-10(18)8-17-12-7-9(14)6-11(15)13(12)16/h3-7,17H,2,8H2,1H3. The fraction of sp³-hybridized carbons (Fsp3) is 0.231. The normalized spacial score (nSPS) is 10.7. The molecule has 0 saturated heterocycles. The molecule has 1 aromatic carbocycles. The average molecular weight is 254 g/mol. The number of benzene rings is 1. The molecule has 0 saturated carbocycles. The minimum atomic E-state index is -1.19. The molecular weight excluding hydrogens is 241 g/mol. The molecule has 0 radical (unpaired) electrons. The van der Waals surface area contributed by atoms with Crippen LogP contribution in [-0.4, -0.2) is 4.57 Å². The Morgan fingerprint density at radius 1 is 1.22 bits per heavy atom. The molecule has 2 nitrogen and oxygen atoms in total. The van der Waals surface area contributed by atoms with Gasteiger partial charge in [-0.2, -0.15) is 0 Å². The molecule has 2 aromatic rings.